The first-order valence-corrected chi connectivity index (χ1v) is 18.9. The molecular formula is C36H33Cl2N5O4S2. The lowest BCUT2D eigenvalue weighted by molar-refractivity contribution is 0.0685. The van der Waals surface area contributed by atoms with Crippen molar-refractivity contribution in [1.29, 1.82) is 0 Å². The van der Waals surface area contributed by atoms with Crippen molar-refractivity contribution >= 4 is 74.4 Å². The van der Waals surface area contributed by atoms with Crippen LogP contribution in [-0.2, 0) is 55.7 Å². The van der Waals surface area contributed by atoms with Crippen LogP contribution in [0.2, 0.25) is 10.0 Å². The molecule has 252 valence electrons. The van der Waals surface area contributed by atoms with E-state index in [9.17, 15) is 9.90 Å². The zero-order valence-corrected chi connectivity index (χ0v) is 30.1. The van der Waals surface area contributed by atoms with Crippen molar-refractivity contribution in [1.82, 2.24) is 24.1 Å². The summed E-state index contributed by atoms with van der Waals surface area (Å²) < 4.78 is 18.1. The number of carboxylic acid groups (broad SMARTS) is 1. The molecule has 8 rings (SSSR count). The van der Waals surface area contributed by atoms with Gasteiger partial charge in [0.05, 0.1) is 54.0 Å². The quantitative estimate of drug-likeness (QED) is 0.180. The second-order valence-corrected chi connectivity index (χ2v) is 15.2. The van der Waals surface area contributed by atoms with E-state index >= 15 is 0 Å². The lowest BCUT2D eigenvalue weighted by Crippen LogP contribution is -2.17. The number of benzene rings is 3. The van der Waals surface area contributed by atoms with Gasteiger partial charge in [0.2, 0.25) is 0 Å². The van der Waals surface area contributed by atoms with E-state index in [0.29, 0.717) is 60.8 Å². The molecule has 6 aromatic rings. The number of thioether (sulfide) groups is 2. The molecule has 0 atom stereocenters. The van der Waals surface area contributed by atoms with E-state index in [4.69, 9.17) is 42.9 Å². The first-order valence-electron chi connectivity index (χ1n) is 16.0. The van der Waals surface area contributed by atoms with E-state index < -0.39 is 5.97 Å². The molecule has 0 fully saturated rings. The number of fused-ring (bicyclic) bond motifs is 10. The molecule has 0 saturated heterocycles. The minimum absolute atomic E-state index is 0.248. The number of hydrogen-bond donors (Lipinski definition) is 1. The maximum atomic E-state index is 12.8. The SMILES string of the molecule is Cn1nc2cc1CSc1cc(c3ccc(Cl)cc3c1)OCCCc1c(C(=O)O)n(C)c3c(c(Cl)ccc13)-c1c(nn3c1COCC3)CSC2. The molecule has 2 aliphatic rings. The van der Waals surface area contributed by atoms with Crippen LogP contribution in [-0.4, -0.2) is 48.4 Å². The summed E-state index contributed by atoms with van der Waals surface area (Å²) in [5, 5.41) is 24.4. The number of carbonyl (C=O) groups is 1. The highest BCUT2D eigenvalue weighted by atomic mass is 35.5. The lowest BCUT2D eigenvalue weighted by atomic mass is 9.98. The monoisotopic (exact) mass is 733 g/mol. The minimum atomic E-state index is -0.982. The van der Waals surface area contributed by atoms with Crippen LogP contribution >= 0.6 is 46.7 Å². The smallest absolute Gasteiger partial charge is 0.352 e. The Morgan fingerprint density at radius 2 is 1.82 bits per heavy atom. The maximum absolute atomic E-state index is 12.8. The lowest BCUT2D eigenvalue weighted by Gasteiger charge is -2.17. The van der Waals surface area contributed by atoms with E-state index in [1.807, 2.05) is 53.8 Å². The van der Waals surface area contributed by atoms with Crippen molar-refractivity contribution < 1.29 is 19.4 Å². The summed E-state index contributed by atoms with van der Waals surface area (Å²) in [6.07, 6.45) is 1.12. The summed E-state index contributed by atoms with van der Waals surface area (Å²) in [4.78, 5) is 13.9. The minimum Gasteiger partial charge on any atom is -0.493 e. The van der Waals surface area contributed by atoms with Crippen LogP contribution in [0, 0.1) is 0 Å². The van der Waals surface area contributed by atoms with Crippen molar-refractivity contribution in [2.45, 2.75) is 48.1 Å². The van der Waals surface area contributed by atoms with E-state index in [1.165, 1.54) is 0 Å². The molecule has 9 nitrogen and oxygen atoms in total. The molecule has 3 aromatic heterocycles. The number of aromatic carboxylic acids is 1. The van der Waals surface area contributed by atoms with Gasteiger partial charge in [-0.25, -0.2) is 4.79 Å². The average Bonchev–Trinajstić information content (AvgIpc) is 3.71. The highest BCUT2D eigenvalue weighted by Crippen LogP contribution is 2.44. The van der Waals surface area contributed by atoms with Crippen molar-refractivity contribution in [3.05, 3.63) is 92.6 Å². The number of carboxylic acids is 1. The Morgan fingerprint density at radius 3 is 2.67 bits per heavy atom. The van der Waals surface area contributed by atoms with E-state index in [1.54, 1.807) is 28.1 Å². The topological polar surface area (TPSA) is 96.3 Å². The highest BCUT2D eigenvalue weighted by Gasteiger charge is 2.29. The Hall–Kier alpha value is -3.61. The zero-order chi connectivity index (χ0) is 33.8. The molecule has 8 bridgehead atoms. The molecule has 0 spiro atoms. The third-order valence-corrected chi connectivity index (χ3v) is 11.8. The van der Waals surface area contributed by atoms with Crippen molar-refractivity contribution in [2.24, 2.45) is 14.1 Å². The number of aryl methyl sites for hydroxylation is 3. The largest absolute Gasteiger partial charge is 0.493 e. The van der Waals surface area contributed by atoms with Gasteiger partial charge >= 0.3 is 5.97 Å². The standard InChI is InChI=1S/C36H33Cl2N5O4S2/c1-41-34-27-7-8-28(38)32(34)33-29(40-43-9-11-46-16-30(33)43)19-48-17-22-14-23(42(2)39-22)18-49-24-13-20-12-21(37)5-6-25(20)31(15-24)47-10-3-4-26(27)35(41)36(44)45/h5-8,12-15H,3-4,9-11,16-19H2,1-2H3,(H,44,45). The first-order chi connectivity index (χ1) is 23.8. The van der Waals surface area contributed by atoms with Crippen molar-refractivity contribution in [2.75, 3.05) is 13.2 Å². The van der Waals surface area contributed by atoms with Crippen LogP contribution in [0.4, 0.5) is 0 Å². The fraction of sp³-hybridized carbons (Fsp3) is 0.306. The summed E-state index contributed by atoms with van der Waals surface area (Å²) in [5.74, 6) is 1.87. The van der Waals surface area contributed by atoms with Crippen LogP contribution in [0.25, 0.3) is 32.8 Å². The van der Waals surface area contributed by atoms with Crippen molar-refractivity contribution in [3.63, 3.8) is 0 Å². The van der Waals surface area contributed by atoms with Gasteiger partial charge in [-0.1, -0.05) is 29.3 Å². The second-order valence-electron chi connectivity index (χ2n) is 12.3. The fourth-order valence-corrected chi connectivity index (χ4v) is 9.32. The molecule has 0 amide bonds. The number of ether oxygens (including phenoxy) is 2. The number of nitrogens with zero attached hydrogens (tertiary/aromatic N) is 5. The predicted molar refractivity (Wildman–Crippen MR) is 196 cm³/mol. The zero-order valence-electron chi connectivity index (χ0n) is 27.0. The summed E-state index contributed by atoms with van der Waals surface area (Å²) in [6, 6.07) is 16.0. The predicted octanol–water partition coefficient (Wildman–Crippen LogP) is 8.51. The Bertz CT molecular complexity index is 2280. The Morgan fingerprint density at radius 1 is 0.959 bits per heavy atom. The molecule has 3 aromatic carbocycles. The molecule has 0 aliphatic carbocycles. The van der Waals surface area contributed by atoms with Gasteiger partial charge in [-0.2, -0.15) is 10.2 Å². The van der Waals surface area contributed by atoms with Crippen LogP contribution in [0.3, 0.4) is 0 Å². The van der Waals surface area contributed by atoms with Gasteiger partial charge in [0.1, 0.15) is 11.4 Å². The Labute approximate surface area is 301 Å². The van der Waals surface area contributed by atoms with E-state index in [2.05, 4.69) is 18.2 Å². The molecule has 49 heavy (non-hydrogen) atoms. The van der Waals surface area contributed by atoms with Crippen LogP contribution < -0.4 is 4.74 Å². The van der Waals surface area contributed by atoms with Gasteiger partial charge in [0.25, 0.3) is 0 Å². The third kappa shape index (κ3) is 5.99. The fourth-order valence-electron chi connectivity index (χ4n) is 7.06. The Balaban J connectivity index is 1.26. The molecule has 0 radical (unpaired) electrons. The molecule has 13 heteroatoms. The average molecular weight is 735 g/mol. The second kappa shape index (κ2) is 13.3. The Kier molecular flexibility index (Phi) is 8.82. The number of halogens is 2. The van der Waals surface area contributed by atoms with Crippen LogP contribution in [0.15, 0.2) is 53.4 Å². The van der Waals surface area contributed by atoms with Gasteiger partial charge in [-0.3, -0.25) is 9.36 Å². The van der Waals surface area contributed by atoms with Gasteiger partial charge in [0.15, 0.2) is 0 Å². The summed E-state index contributed by atoms with van der Waals surface area (Å²) in [7, 11) is 3.80. The number of hydrogen-bond acceptors (Lipinski definition) is 7. The number of aromatic nitrogens is 5. The molecule has 0 unspecified atom stereocenters. The summed E-state index contributed by atoms with van der Waals surface area (Å²) >= 11 is 16.9. The molecular weight excluding hydrogens is 701 g/mol. The van der Waals surface area contributed by atoms with E-state index in [-0.39, 0.29) is 5.69 Å². The van der Waals surface area contributed by atoms with Gasteiger partial charge in [-0.05, 0) is 66.3 Å². The van der Waals surface area contributed by atoms with Gasteiger partial charge < -0.3 is 19.1 Å². The molecule has 5 heterocycles. The summed E-state index contributed by atoms with van der Waals surface area (Å²) in [5.41, 5.74) is 7.48. The first kappa shape index (κ1) is 32.6. The highest BCUT2D eigenvalue weighted by molar-refractivity contribution is 7.98. The number of rotatable bonds is 1. The maximum Gasteiger partial charge on any atom is 0.352 e. The van der Waals surface area contributed by atoms with Crippen LogP contribution in [0.1, 0.15) is 45.2 Å². The van der Waals surface area contributed by atoms with Gasteiger partial charge in [0, 0.05) is 68.9 Å². The van der Waals surface area contributed by atoms with Crippen LogP contribution in [0.5, 0.6) is 5.75 Å². The van der Waals surface area contributed by atoms with Gasteiger partial charge in [-0.15, -0.1) is 23.5 Å². The molecule has 2 aliphatic heterocycles. The summed E-state index contributed by atoms with van der Waals surface area (Å²) in [6.45, 7) is 2.04. The van der Waals surface area contributed by atoms with Crippen molar-refractivity contribution in [3.8, 4) is 16.9 Å². The third-order valence-electron chi connectivity index (χ3n) is 9.26. The molecule has 1 N–H and O–H groups in total. The molecule has 0 saturated carbocycles. The normalized spacial score (nSPS) is 15.5. The van der Waals surface area contributed by atoms with E-state index in [0.717, 1.165) is 77.5 Å².